The van der Waals surface area contributed by atoms with Gasteiger partial charge in [0.05, 0.1) is 24.8 Å². The van der Waals surface area contributed by atoms with Crippen molar-refractivity contribution in [2.45, 2.75) is 32.2 Å². The maximum absolute atomic E-state index is 14.6. The minimum Gasteiger partial charge on any atom is -0.378 e. The molecule has 0 spiro atoms. The number of anilines is 1. The van der Waals surface area contributed by atoms with E-state index in [-0.39, 0.29) is 5.56 Å². The number of morpholine rings is 1. The summed E-state index contributed by atoms with van der Waals surface area (Å²) in [5.41, 5.74) is 1.77. The molecule has 1 fully saturated rings. The summed E-state index contributed by atoms with van der Waals surface area (Å²) in [6, 6.07) is 4.65. The number of allylic oxidation sites excluding steroid dienone is 2. The van der Waals surface area contributed by atoms with Gasteiger partial charge < -0.3 is 15.0 Å². The first-order valence-corrected chi connectivity index (χ1v) is 10.9. The lowest BCUT2D eigenvalue weighted by Gasteiger charge is -2.27. The molecule has 172 valence electrons. The van der Waals surface area contributed by atoms with Crippen LogP contribution in [-0.2, 0) is 4.74 Å². The molecule has 7 nitrogen and oxygen atoms in total. The monoisotopic (exact) mass is 458 g/mol. The number of hydrogen-bond acceptors (Lipinski definition) is 5. The topological polar surface area (TPSA) is 72.7 Å². The zero-order valence-corrected chi connectivity index (χ0v) is 18.0. The Morgan fingerprint density at radius 1 is 1.24 bits per heavy atom. The molecule has 1 atom stereocenters. The molecule has 1 amide bonds. The minimum atomic E-state index is -2.94. The van der Waals surface area contributed by atoms with Crippen LogP contribution in [0.5, 0.6) is 0 Å². The first kappa shape index (κ1) is 21.6. The molecule has 0 saturated carbocycles. The lowest BCUT2D eigenvalue weighted by atomic mass is 10.0. The number of carbonyl (C=O) groups is 1. The van der Waals surface area contributed by atoms with Crippen LogP contribution >= 0.6 is 0 Å². The Morgan fingerprint density at radius 2 is 2.00 bits per heavy atom. The lowest BCUT2D eigenvalue weighted by Crippen LogP contribution is -2.48. The second-order valence-corrected chi connectivity index (χ2v) is 8.18. The molecule has 5 rings (SSSR count). The average molecular weight is 458 g/mol. The van der Waals surface area contributed by atoms with E-state index in [1.165, 1.54) is 12.1 Å². The highest BCUT2D eigenvalue weighted by atomic mass is 19.3. The second kappa shape index (κ2) is 8.58. The Kier molecular flexibility index (Phi) is 5.61. The van der Waals surface area contributed by atoms with Gasteiger partial charge in [-0.1, -0.05) is 27.7 Å². The van der Waals surface area contributed by atoms with Crippen molar-refractivity contribution < 1.29 is 27.1 Å². The molecule has 3 aliphatic rings. The van der Waals surface area contributed by atoms with E-state index < -0.39 is 29.8 Å². The van der Waals surface area contributed by atoms with E-state index in [4.69, 9.17) is 9.84 Å². The van der Waals surface area contributed by atoms with Gasteiger partial charge in [0.2, 0.25) is 5.70 Å². The molecule has 2 aromatic rings. The number of hydrogen-bond donors (Lipinski definition) is 1. The largest absolute Gasteiger partial charge is 0.378 e. The summed E-state index contributed by atoms with van der Waals surface area (Å²) in [6.45, 7) is 3.98. The Labute approximate surface area is 187 Å². The van der Waals surface area contributed by atoms with Gasteiger partial charge >= 0.3 is 5.49 Å². The van der Waals surface area contributed by atoms with Crippen LogP contribution in [0.25, 0.3) is 0 Å². The van der Waals surface area contributed by atoms with Gasteiger partial charge in [-0.05, 0) is 24.4 Å². The summed E-state index contributed by atoms with van der Waals surface area (Å²) in [7, 11) is 0. The zero-order valence-electron chi connectivity index (χ0n) is 18.0. The standard InChI is InChI=1S/C23H22F3N5O2/c1-13(14-4-2-5-15(20(14)24)21(25)26)27-23(32)16-12-19(30-8-10-33-11-9-30)29-31-18-7-3-6-17(18)28-22(16)31/h2,4-6,12-13,21H,3,7-11H2,1H3/p+1/t13-/m1/s1. The number of benzene rings is 1. The molecule has 0 bridgehead atoms. The number of halogens is 3. The summed E-state index contributed by atoms with van der Waals surface area (Å²) in [5, 5.41) is 7.49. The first-order chi connectivity index (χ1) is 15.9. The van der Waals surface area contributed by atoms with Crippen LogP contribution in [0.1, 0.15) is 53.7 Å². The van der Waals surface area contributed by atoms with E-state index in [0.717, 1.165) is 30.3 Å². The van der Waals surface area contributed by atoms with E-state index in [0.29, 0.717) is 43.2 Å². The van der Waals surface area contributed by atoms with Gasteiger partial charge in [0, 0.05) is 31.1 Å². The van der Waals surface area contributed by atoms with Crippen molar-refractivity contribution in [3.8, 4) is 0 Å². The maximum Gasteiger partial charge on any atom is 0.362 e. The highest BCUT2D eigenvalue weighted by Crippen LogP contribution is 2.27. The van der Waals surface area contributed by atoms with Gasteiger partial charge in [-0.15, -0.1) is 0 Å². The fraction of sp³-hybridized carbons (Fsp3) is 0.391. The van der Waals surface area contributed by atoms with Gasteiger partial charge in [-0.3, -0.25) is 4.79 Å². The smallest absolute Gasteiger partial charge is 0.362 e. The third-order valence-electron chi connectivity index (χ3n) is 6.10. The van der Waals surface area contributed by atoms with Crippen molar-refractivity contribution >= 4 is 11.7 Å². The molecule has 10 heteroatoms. The zero-order chi connectivity index (χ0) is 23.1. The quantitative estimate of drug-likeness (QED) is 0.699. The SMILES string of the molecule is C[C@@H](NC(=O)c1cc(N2CCOCC2)n[n+]2c1=NC1=CCCC=21)c1cccc(C(F)F)c1F. The van der Waals surface area contributed by atoms with Gasteiger partial charge in [0.15, 0.2) is 11.5 Å². The number of carbonyl (C=O) groups excluding carboxylic acids is 1. The third-order valence-corrected chi connectivity index (χ3v) is 6.10. The third kappa shape index (κ3) is 3.88. The van der Waals surface area contributed by atoms with Crippen molar-refractivity contribution in [1.29, 1.82) is 0 Å². The Hall–Kier alpha value is -3.27. The van der Waals surface area contributed by atoms with Gasteiger partial charge in [-0.25, -0.2) is 13.2 Å². The van der Waals surface area contributed by atoms with E-state index in [1.807, 2.05) is 11.0 Å². The molecule has 3 heterocycles. The number of nitrogens with one attached hydrogen (secondary N) is 1. The second-order valence-electron chi connectivity index (χ2n) is 8.18. The van der Waals surface area contributed by atoms with Crippen LogP contribution in [0.15, 0.2) is 41.0 Å². The summed E-state index contributed by atoms with van der Waals surface area (Å²) >= 11 is 0. The molecule has 1 aromatic carbocycles. The van der Waals surface area contributed by atoms with Crippen molar-refractivity contribution in [3.05, 3.63) is 69.7 Å². The van der Waals surface area contributed by atoms with E-state index in [1.54, 1.807) is 17.3 Å². The molecule has 2 aliphatic heterocycles. The number of nitrogens with zero attached hydrogens (tertiary/aromatic N) is 4. The first-order valence-electron chi connectivity index (χ1n) is 10.9. The number of amides is 1. The number of rotatable bonds is 5. The van der Waals surface area contributed by atoms with Gasteiger partial charge in [0.25, 0.3) is 12.3 Å². The van der Waals surface area contributed by atoms with Gasteiger partial charge in [-0.2, -0.15) is 0 Å². The maximum atomic E-state index is 14.6. The molecule has 1 aromatic heterocycles. The highest BCUT2D eigenvalue weighted by Gasteiger charge is 2.33. The molecule has 0 unspecified atom stereocenters. The van der Waals surface area contributed by atoms with E-state index >= 15 is 0 Å². The molecule has 1 N–H and O–H groups in total. The Morgan fingerprint density at radius 3 is 2.76 bits per heavy atom. The number of alkyl halides is 2. The number of aromatic nitrogens is 2. The molecular formula is C23H23F3N5O2+. The molecule has 1 saturated heterocycles. The summed E-state index contributed by atoms with van der Waals surface area (Å²) in [6.07, 6.45) is 0.711. The van der Waals surface area contributed by atoms with Crippen molar-refractivity contribution in [3.63, 3.8) is 0 Å². The lowest BCUT2D eigenvalue weighted by molar-refractivity contribution is -0.599. The summed E-state index contributed by atoms with van der Waals surface area (Å²) in [5.74, 6) is -0.861. The van der Waals surface area contributed by atoms with Crippen molar-refractivity contribution in [2.24, 2.45) is 4.99 Å². The van der Waals surface area contributed by atoms with Crippen LogP contribution in [0.3, 0.4) is 0 Å². The Balaban J connectivity index is 1.52. The van der Waals surface area contributed by atoms with E-state index in [2.05, 4.69) is 10.3 Å². The fourth-order valence-corrected chi connectivity index (χ4v) is 4.35. The van der Waals surface area contributed by atoms with Crippen LogP contribution in [0, 0.1) is 11.5 Å². The predicted octanol–water partition coefficient (Wildman–Crippen LogP) is 2.46. The summed E-state index contributed by atoms with van der Waals surface area (Å²) < 4.78 is 48.0. The number of ether oxygens (including phenoxy) is 1. The molecule has 1 aliphatic carbocycles. The molecular weight excluding hydrogens is 435 g/mol. The van der Waals surface area contributed by atoms with E-state index in [9.17, 15) is 18.0 Å². The fourth-order valence-electron chi connectivity index (χ4n) is 4.35. The predicted molar refractivity (Wildman–Crippen MR) is 112 cm³/mol. The van der Waals surface area contributed by atoms with Crippen LogP contribution in [-0.4, -0.2) is 37.3 Å². The molecule has 0 radical (unpaired) electrons. The van der Waals surface area contributed by atoms with Crippen molar-refractivity contribution in [2.75, 3.05) is 31.2 Å². The normalized spacial score (nSPS) is 18.0. The molecule has 33 heavy (non-hydrogen) atoms. The number of fused-ring (bicyclic) bond motifs is 2. The van der Waals surface area contributed by atoms with Crippen molar-refractivity contribution in [1.82, 2.24) is 10.4 Å². The van der Waals surface area contributed by atoms with Crippen LogP contribution < -0.4 is 20.1 Å². The highest BCUT2D eigenvalue weighted by molar-refractivity contribution is 5.94. The van der Waals surface area contributed by atoms with Crippen LogP contribution in [0.2, 0.25) is 0 Å². The van der Waals surface area contributed by atoms with Gasteiger partial charge in [0.1, 0.15) is 11.4 Å². The Bertz CT molecular complexity index is 1270. The average Bonchev–Trinajstić information content (AvgIpc) is 3.40. The minimum absolute atomic E-state index is 0.00111. The summed E-state index contributed by atoms with van der Waals surface area (Å²) in [4.78, 5) is 20.0. The van der Waals surface area contributed by atoms with Crippen LogP contribution in [0.4, 0.5) is 19.0 Å².